The Morgan fingerprint density at radius 3 is 2.18 bits per heavy atom. The lowest BCUT2D eigenvalue weighted by Crippen LogP contribution is -2.19. The zero-order chi connectivity index (χ0) is 32.6. The minimum Gasteiger partial charge on any atom is -0.497 e. The number of aryl methyl sites for hydroxylation is 1. The van der Waals surface area contributed by atoms with Crippen molar-refractivity contribution in [3.05, 3.63) is 107 Å². The number of aldehydes is 2. The first-order valence-electron chi connectivity index (χ1n) is 14.9. The second-order valence-electron chi connectivity index (χ2n) is 10.6. The van der Waals surface area contributed by atoms with Crippen molar-refractivity contribution < 1.29 is 23.8 Å². The monoisotopic (exact) mass is 609 g/mol. The summed E-state index contributed by atoms with van der Waals surface area (Å²) >= 11 is 0. The molecule has 0 unspecified atom stereocenters. The van der Waals surface area contributed by atoms with E-state index in [1.165, 1.54) is 10.9 Å². The van der Waals surface area contributed by atoms with Gasteiger partial charge in [0.2, 0.25) is 0 Å². The summed E-state index contributed by atoms with van der Waals surface area (Å²) in [6.45, 7) is 3.67. The van der Waals surface area contributed by atoms with Gasteiger partial charge >= 0.3 is 0 Å². The van der Waals surface area contributed by atoms with Gasteiger partial charge in [0, 0.05) is 66.7 Å². The van der Waals surface area contributed by atoms with Gasteiger partial charge in [0.1, 0.15) is 23.6 Å². The molecule has 0 spiro atoms. The van der Waals surface area contributed by atoms with Crippen LogP contribution < -0.4 is 9.47 Å². The van der Waals surface area contributed by atoms with E-state index in [-0.39, 0.29) is 0 Å². The highest BCUT2D eigenvalue weighted by Crippen LogP contribution is 2.29. The van der Waals surface area contributed by atoms with Crippen molar-refractivity contribution in [3.8, 4) is 11.5 Å². The van der Waals surface area contributed by atoms with Crippen molar-refractivity contribution in [1.29, 1.82) is 0 Å². The van der Waals surface area contributed by atoms with Crippen LogP contribution in [0.1, 0.15) is 51.0 Å². The number of hydrogen-bond acceptors (Lipinski definition) is 8. The molecule has 2 heterocycles. The second-order valence-corrected chi connectivity index (χ2v) is 10.6. The smallest absolute Gasteiger partial charge is 0.150 e. The van der Waals surface area contributed by atoms with E-state index in [9.17, 15) is 9.59 Å². The van der Waals surface area contributed by atoms with Gasteiger partial charge in [0.05, 0.1) is 7.11 Å². The van der Waals surface area contributed by atoms with Gasteiger partial charge in [-0.1, -0.05) is 61.9 Å². The number of methoxy groups -OCH3 is 2. The fourth-order valence-corrected chi connectivity index (χ4v) is 4.67. The van der Waals surface area contributed by atoms with E-state index in [2.05, 4.69) is 46.9 Å². The minimum atomic E-state index is 0.442. The summed E-state index contributed by atoms with van der Waals surface area (Å²) in [6, 6.07) is 23.2. The van der Waals surface area contributed by atoms with E-state index in [1.54, 1.807) is 45.6 Å². The highest BCUT2D eigenvalue weighted by Gasteiger charge is 2.12. The van der Waals surface area contributed by atoms with Gasteiger partial charge in [-0.05, 0) is 55.7 Å². The first-order chi connectivity index (χ1) is 21.9. The molecule has 0 aliphatic rings. The Bertz CT molecular complexity index is 1660. The third kappa shape index (κ3) is 9.93. The van der Waals surface area contributed by atoms with Crippen molar-refractivity contribution in [1.82, 2.24) is 14.9 Å². The number of para-hydroxylation sites is 1. The number of ether oxygens (including phenoxy) is 3. The Labute approximate surface area is 266 Å². The molecule has 0 radical (unpaired) electrons. The predicted molar refractivity (Wildman–Crippen MR) is 181 cm³/mol. The number of carbonyl (C=O) groups is 2. The maximum absolute atomic E-state index is 10.2. The second kappa shape index (κ2) is 18.2. The zero-order valence-corrected chi connectivity index (χ0v) is 27.1. The molecule has 0 aliphatic carbocycles. The first-order valence-corrected chi connectivity index (χ1v) is 14.9. The molecule has 8 heteroatoms. The number of pyridine rings is 2. The van der Waals surface area contributed by atoms with Gasteiger partial charge in [0.15, 0.2) is 12.6 Å². The SMILES string of the molecule is CCCc1ncc(Cc2ccc3cccc(OCCN(C)C)c3n2)c2ccc(OC)cc12.COC.O=Cc1ccccc1C=O. The number of benzene rings is 3. The van der Waals surface area contributed by atoms with Crippen LogP contribution in [0.2, 0.25) is 0 Å². The third-order valence-electron chi connectivity index (χ3n) is 6.91. The number of aromatic nitrogens is 2. The molecule has 0 aliphatic heterocycles. The first kappa shape index (κ1) is 34.8. The van der Waals surface area contributed by atoms with Crippen LogP contribution in [0.25, 0.3) is 21.7 Å². The van der Waals surface area contributed by atoms with Crippen molar-refractivity contribution >= 4 is 34.2 Å². The molecule has 0 N–H and O–H groups in total. The molecule has 5 aromatic rings. The van der Waals surface area contributed by atoms with Gasteiger partial charge in [-0.25, -0.2) is 4.98 Å². The lowest BCUT2D eigenvalue weighted by atomic mass is 9.99. The average Bonchev–Trinajstić information content (AvgIpc) is 3.06. The molecular weight excluding hydrogens is 566 g/mol. The van der Waals surface area contributed by atoms with E-state index < -0.39 is 0 Å². The summed E-state index contributed by atoms with van der Waals surface area (Å²) in [5, 5.41) is 3.46. The van der Waals surface area contributed by atoms with Gasteiger partial charge < -0.3 is 19.1 Å². The van der Waals surface area contributed by atoms with Gasteiger partial charge in [-0.3, -0.25) is 14.6 Å². The van der Waals surface area contributed by atoms with Crippen LogP contribution in [0.4, 0.5) is 0 Å². The fraction of sp³-hybridized carbons (Fsp3) is 0.297. The largest absolute Gasteiger partial charge is 0.497 e. The number of rotatable bonds is 11. The van der Waals surface area contributed by atoms with Crippen LogP contribution in [0.15, 0.2) is 79.0 Å². The van der Waals surface area contributed by atoms with Crippen LogP contribution in [0.3, 0.4) is 0 Å². The molecule has 3 aromatic carbocycles. The molecule has 0 atom stereocenters. The highest BCUT2D eigenvalue weighted by atomic mass is 16.5. The van der Waals surface area contributed by atoms with E-state index in [1.807, 2.05) is 38.5 Å². The van der Waals surface area contributed by atoms with E-state index in [0.29, 0.717) is 36.7 Å². The molecule has 0 bridgehead atoms. The Balaban J connectivity index is 0.000000356. The summed E-state index contributed by atoms with van der Waals surface area (Å²) in [7, 11) is 9.04. The number of nitrogens with zero attached hydrogens (tertiary/aromatic N) is 3. The quantitative estimate of drug-likeness (QED) is 0.150. The molecule has 45 heavy (non-hydrogen) atoms. The molecule has 0 fully saturated rings. The number of fused-ring (bicyclic) bond motifs is 2. The van der Waals surface area contributed by atoms with Crippen LogP contribution in [0, 0.1) is 0 Å². The Morgan fingerprint density at radius 2 is 1.56 bits per heavy atom. The summed E-state index contributed by atoms with van der Waals surface area (Å²) < 4.78 is 15.8. The van der Waals surface area contributed by atoms with Crippen LogP contribution in [0.5, 0.6) is 11.5 Å². The van der Waals surface area contributed by atoms with Crippen LogP contribution in [-0.4, -0.2) is 76.0 Å². The molecular formula is C37H43N3O5. The van der Waals surface area contributed by atoms with Crippen molar-refractivity contribution in [2.24, 2.45) is 0 Å². The maximum Gasteiger partial charge on any atom is 0.150 e. The topological polar surface area (TPSA) is 90.8 Å². The molecule has 0 saturated carbocycles. The molecule has 8 nitrogen and oxygen atoms in total. The molecule has 0 amide bonds. The van der Waals surface area contributed by atoms with Gasteiger partial charge in [0.25, 0.3) is 0 Å². The summed E-state index contributed by atoms with van der Waals surface area (Å²) in [6.07, 6.45) is 6.07. The Kier molecular flexibility index (Phi) is 14.1. The van der Waals surface area contributed by atoms with Crippen molar-refractivity contribution in [2.45, 2.75) is 26.2 Å². The Hall–Kier alpha value is -4.66. The normalized spacial score (nSPS) is 10.5. The van der Waals surface area contributed by atoms with E-state index in [0.717, 1.165) is 58.6 Å². The van der Waals surface area contributed by atoms with Crippen molar-refractivity contribution in [3.63, 3.8) is 0 Å². The zero-order valence-electron chi connectivity index (χ0n) is 27.1. The van der Waals surface area contributed by atoms with Gasteiger partial charge in [-0.2, -0.15) is 0 Å². The average molecular weight is 610 g/mol. The lowest BCUT2D eigenvalue weighted by Gasteiger charge is -2.14. The number of hydrogen-bond donors (Lipinski definition) is 0. The molecule has 5 rings (SSSR count). The molecule has 2 aromatic heterocycles. The standard InChI is InChI=1S/C27H31N3O2.C8H6O2.C2H6O/c1-5-7-25-24-17-22(31-4)12-13-23(24)20(18-28-25)16-21-11-10-19-8-6-9-26(27(19)29-21)32-15-14-30(2)3;9-5-7-3-1-2-4-8(7)6-10;1-3-2/h6,8-13,17-18H,5,7,14-16H2,1-4H3;1-6H;1-2H3. The van der Waals surface area contributed by atoms with Crippen LogP contribution in [-0.2, 0) is 17.6 Å². The maximum atomic E-state index is 10.2. The highest BCUT2D eigenvalue weighted by molar-refractivity contribution is 5.90. The molecule has 236 valence electrons. The Morgan fingerprint density at radius 1 is 0.844 bits per heavy atom. The minimum absolute atomic E-state index is 0.442. The number of carbonyl (C=O) groups excluding carboxylic acids is 2. The van der Waals surface area contributed by atoms with E-state index in [4.69, 9.17) is 19.4 Å². The van der Waals surface area contributed by atoms with E-state index >= 15 is 0 Å². The predicted octanol–water partition coefficient (Wildman–Crippen LogP) is 6.85. The summed E-state index contributed by atoms with van der Waals surface area (Å²) in [5.41, 5.74) is 5.08. The van der Waals surface area contributed by atoms with Crippen molar-refractivity contribution in [2.75, 3.05) is 48.6 Å². The van der Waals surface area contributed by atoms with Gasteiger partial charge in [-0.15, -0.1) is 0 Å². The lowest BCUT2D eigenvalue weighted by molar-refractivity contribution is 0.109. The summed E-state index contributed by atoms with van der Waals surface area (Å²) in [4.78, 5) is 32.3. The van der Waals surface area contributed by atoms with Crippen LogP contribution >= 0.6 is 0 Å². The third-order valence-corrected chi connectivity index (χ3v) is 6.91. The fourth-order valence-electron chi connectivity index (χ4n) is 4.67. The summed E-state index contributed by atoms with van der Waals surface area (Å²) in [5.74, 6) is 1.69. The molecule has 0 saturated heterocycles. The number of likely N-dealkylation sites (N-methyl/N-ethyl adjacent to an activating group) is 1.